The minimum absolute atomic E-state index is 0.0546. The molecule has 6 rings (SSSR count). The number of hydrogen-bond donors (Lipinski definition) is 3. The van der Waals surface area contributed by atoms with Gasteiger partial charge >= 0.3 is 274 Å². The zero-order valence-electron chi connectivity index (χ0n) is 28.3. The van der Waals surface area contributed by atoms with Crippen LogP contribution in [0.25, 0.3) is 43.4 Å². The summed E-state index contributed by atoms with van der Waals surface area (Å²) in [5.41, 5.74) is 5.92. The van der Waals surface area contributed by atoms with E-state index in [0.717, 1.165) is 49.0 Å². The van der Waals surface area contributed by atoms with Gasteiger partial charge in [0.1, 0.15) is 0 Å². The van der Waals surface area contributed by atoms with E-state index < -0.39 is 7.28 Å². The molecule has 0 saturated heterocycles. The Bertz CT molecular complexity index is 2110. The van der Waals surface area contributed by atoms with Gasteiger partial charge in [0, 0.05) is 0 Å². The van der Waals surface area contributed by atoms with Crippen molar-refractivity contribution in [1.29, 1.82) is 0 Å². The number of rotatable bonds is 7. The molecule has 0 heterocycles. The zero-order valence-corrected chi connectivity index (χ0v) is 29.2. The van der Waals surface area contributed by atoms with E-state index in [9.17, 15) is 14.7 Å². The third-order valence-electron chi connectivity index (χ3n) is 9.68. The summed E-state index contributed by atoms with van der Waals surface area (Å²) in [5.74, 6) is 0.877. The van der Waals surface area contributed by atoms with E-state index in [0.29, 0.717) is 17.4 Å². The standard InChI is InChI=1S/C42H47O3P/c1-25(2)30-13-15-32-21-39(37(27(5)6)22-34(32)19-30)42-36-12-10-9-11-29(36)17-18-40(42)46(43,44,45)41-24-33-16-14-31(26(3)4)20-35(33)23-38(41)28(7)8/h9-28,43-45H,1-8H3. The fourth-order valence-corrected chi connectivity index (χ4v) is 9.34. The Morgan fingerprint density at radius 3 is 1.52 bits per heavy atom. The molecular formula is C42H47O3P. The molecule has 6 aromatic rings. The van der Waals surface area contributed by atoms with Crippen LogP contribution in [-0.2, 0) is 0 Å². The maximum absolute atomic E-state index is 12.6. The van der Waals surface area contributed by atoms with Crippen molar-refractivity contribution < 1.29 is 14.7 Å². The van der Waals surface area contributed by atoms with Gasteiger partial charge in [0.25, 0.3) is 0 Å². The maximum atomic E-state index is 12.6. The van der Waals surface area contributed by atoms with Gasteiger partial charge in [-0.15, -0.1) is 0 Å². The summed E-state index contributed by atoms with van der Waals surface area (Å²) in [6, 6.07) is 32.8. The Kier molecular flexibility index (Phi) is 8.15. The second kappa shape index (κ2) is 11.6. The molecule has 0 spiro atoms. The van der Waals surface area contributed by atoms with Crippen molar-refractivity contribution in [2.45, 2.75) is 79.1 Å². The Balaban J connectivity index is 1.71. The van der Waals surface area contributed by atoms with Gasteiger partial charge < -0.3 is 0 Å². The van der Waals surface area contributed by atoms with Crippen LogP contribution in [0.2, 0.25) is 0 Å². The van der Waals surface area contributed by atoms with E-state index in [4.69, 9.17) is 0 Å². The second-order valence-electron chi connectivity index (χ2n) is 14.3. The molecular weight excluding hydrogens is 583 g/mol. The van der Waals surface area contributed by atoms with Gasteiger partial charge in [-0.05, 0) is 0 Å². The van der Waals surface area contributed by atoms with E-state index in [1.807, 2.05) is 62.4 Å². The molecule has 0 unspecified atom stereocenters. The molecule has 4 heteroatoms. The predicted molar refractivity (Wildman–Crippen MR) is 200 cm³/mol. The van der Waals surface area contributed by atoms with Crippen molar-refractivity contribution in [3.63, 3.8) is 0 Å². The van der Waals surface area contributed by atoms with Crippen LogP contribution in [-0.4, -0.2) is 14.7 Å². The molecule has 0 radical (unpaired) electrons. The number of benzene rings is 6. The first-order valence-electron chi connectivity index (χ1n) is 16.6. The first kappa shape index (κ1) is 32.4. The first-order valence-corrected chi connectivity index (χ1v) is 18.7. The molecule has 0 fully saturated rings. The number of fused-ring (bicyclic) bond motifs is 3. The van der Waals surface area contributed by atoms with Crippen molar-refractivity contribution in [2.24, 2.45) is 0 Å². The minimum atomic E-state index is -5.73. The fourth-order valence-electron chi connectivity index (χ4n) is 6.90. The van der Waals surface area contributed by atoms with Crippen LogP contribution in [0.3, 0.4) is 0 Å². The molecule has 6 aromatic carbocycles. The Morgan fingerprint density at radius 1 is 0.435 bits per heavy atom. The average molecular weight is 631 g/mol. The molecule has 0 aliphatic rings. The molecule has 0 amide bonds. The SMILES string of the molecule is CC(C)c1ccc2cc(-c3c(P(O)(O)(O)c4cc5ccc(C(C)C)cc5cc4C(C)C)ccc4ccccc34)c(C(C)C)cc2c1. The molecule has 0 aromatic heterocycles. The van der Waals surface area contributed by atoms with E-state index in [-0.39, 0.29) is 22.4 Å². The molecule has 0 saturated carbocycles. The van der Waals surface area contributed by atoms with Crippen LogP contribution in [0.5, 0.6) is 0 Å². The summed E-state index contributed by atoms with van der Waals surface area (Å²) < 4.78 is 0. The van der Waals surface area contributed by atoms with Crippen LogP contribution >= 0.6 is 7.28 Å². The molecule has 3 nitrogen and oxygen atoms in total. The van der Waals surface area contributed by atoms with Gasteiger partial charge in [-0.2, -0.15) is 0 Å². The molecule has 0 bridgehead atoms. The summed E-state index contributed by atoms with van der Waals surface area (Å²) in [4.78, 5) is 37.9. The third kappa shape index (κ3) is 5.54. The Morgan fingerprint density at radius 2 is 0.957 bits per heavy atom. The first-order chi connectivity index (χ1) is 21.6. The molecule has 238 valence electrons. The van der Waals surface area contributed by atoms with E-state index in [1.165, 1.54) is 11.1 Å². The van der Waals surface area contributed by atoms with Crippen LogP contribution < -0.4 is 10.6 Å². The predicted octanol–water partition coefficient (Wildman–Crippen LogP) is 10.5. The summed E-state index contributed by atoms with van der Waals surface area (Å²) in [7, 11) is -5.73. The van der Waals surface area contributed by atoms with Crippen LogP contribution in [0.15, 0.2) is 97.1 Å². The van der Waals surface area contributed by atoms with Crippen LogP contribution in [0, 0.1) is 0 Å². The monoisotopic (exact) mass is 630 g/mol. The average Bonchev–Trinajstić information content (AvgIpc) is 3.01. The topological polar surface area (TPSA) is 60.7 Å². The van der Waals surface area contributed by atoms with Crippen molar-refractivity contribution in [3.8, 4) is 11.1 Å². The normalized spacial score (nSPS) is 13.5. The molecule has 0 aliphatic heterocycles. The quantitative estimate of drug-likeness (QED) is 0.154. The summed E-state index contributed by atoms with van der Waals surface area (Å²) in [5, 5.41) is 6.36. The summed E-state index contributed by atoms with van der Waals surface area (Å²) >= 11 is 0. The van der Waals surface area contributed by atoms with Crippen molar-refractivity contribution >= 4 is 50.2 Å². The molecule has 3 N–H and O–H groups in total. The van der Waals surface area contributed by atoms with Crippen molar-refractivity contribution in [1.82, 2.24) is 0 Å². The second-order valence-corrected chi connectivity index (χ2v) is 17.3. The van der Waals surface area contributed by atoms with Gasteiger partial charge in [-0.25, -0.2) is 0 Å². The van der Waals surface area contributed by atoms with Gasteiger partial charge in [-0.1, -0.05) is 0 Å². The fraction of sp³-hybridized carbons (Fsp3) is 0.286. The van der Waals surface area contributed by atoms with Gasteiger partial charge in [0.05, 0.1) is 0 Å². The van der Waals surface area contributed by atoms with Crippen LogP contribution in [0.1, 0.15) is 101 Å². The number of hydrogen-bond acceptors (Lipinski definition) is 3. The Hall–Kier alpha value is -3.59. The zero-order chi connectivity index (χ0) is 33.2. The van der Waals surface area contributed by atoms with Crippen molar-refractivity contribution in [3.05, 3.63) is 119 Å². The van der Waals surface area contributed by atoms with Crippen molar-refractivity contribution in [2.75, 3.05) is 0 Å². The van der Waals surface area contributed by atoms with E-state index >= 15 is 0 Å². The van der Waals surface area contributed by atoms with Crippen LogP contribution in [0.4, 0.5) is 0 Å². The van der Waals surface area contributed by atoms with Gasteiger partial charge in [0.2, 0.25) is 0 Å². The molecule has 46 heavy (non-hydrogen) atoms. The third-order valence-corrected chi connectivity index (χ3v) is 12.2. The van der Waals surface area contributed by atoms with Gasteiger partial charge in [0.15, 0.2) is 0 Å². The van der Waals surface area contributed by atoms with Gasteiger partial charge in [-0.3, -0.25) is 0 Å². The molecule has 0 aliphatic carbocycles. The van der Waals surface area contributed by atoms with E-state index in [2.05, 4.69) is 84.0 Å². The van der Waals surface area contributed by atoms with E-state index in [1.54, 1.807) is 6.07 Å². The summed E-state index contributed by atoms with van der Waals surface area (Å²) in [6.07, 6.45) is 0. The summed E-state index contributed by atoms with van der Waals surface area (Å²) in [6.45, 7) is 17.2. The molecule has 0 atom stereocenters. The Labute approximate surface area is 273 Å².